The van der Waals surface area contributed by atoms with Crippen LogP contribution in [-0.2, 0) is 0 Å². The first-order valence-electron chi connectivity index (χ1n) is 3.95. The molecule has 0 spiro atoms. The Kier molecular flexibility index (Phi) is 3.09. The second-order valence-corrected chi connectivity index (χ2v) is 2.96. The van der Waals surface area contributed by atoms with Crippen LogP contribution in [0.25, 0.3) is 0 Å². The molecule has 0 aromatic carbocycles. The van der Waals surface area contributed by atoms with Crippen molar-refractivity contribution in [3.05, 3.63) is 12.3 Å². The van der Waals surface area contributed by atoms with Gasteiger partial charge in [-0.25, -0.2) is 0 Å². The molecule has 0 radical (unpaired) electrons. The zero-order chi connectivity index (χ0) is 8.97. The number of nitriles is 1. The summed E-state index contributed by atoms with van der Waals surface area (Å²) in [4.78, 5) is 4.00. The van der Waals surface area contributed by atoms with E-state index >= 15 is 0 Å². The van der Waals surface area contributed by atoms with Gasteiger partial charge in [-0.15, -0.1) is 0 Å². The van der Waals surface area contributed by atoms with E-state index in [0.29, 0.717) is 6.54 Å². The van der Waals surface area contributed by atoms with Crippen molar-refractivity contribution in [2.75, 3.05) is 27.2 Å². The van der Waals surface area contributed by atoms with E-state index in [1.54, 1.807) is 0 Å². The van der Waals surface area contributed by atoms with Crippen LogP contribution >= 0.6 is 0 Å². The molecule has 12 heavy (non-hydrogen) atoms. The quantitative estimate of drug-likeness (QED) is 0.576. The van der Waals surface area contributed by atoms with E-state index < -0.39 is 0 Å². The average Bonchev–Trinajstić information content (AvgIpc) is 2.05. The normalized spacial score (nSPS) is 22.8. The first-order chi connectivity index (χ1) is 5.75. The number of hydrogen-bond donors (Lipinski definition) is 1. The summed E-state index contributed by atoms with van der Waals surface area (Å²) in [6.45, 7) is 1.29. The van der Waals surface area contributed by atoms with Crippen molar-refractivity contribution in [3.63, 3.8) is 0 Å². The largest absolute Gasteiger partial charge is 0.337 e. The first kappa shape index (κ1) is 9.04. The molecule has 1 N–H and O–H groups in total. The zero-order valence-corrected chi connectivity index (χ0v) is 7.49. The second-order valence-electron chi connectivity index (χ2n) is 2.96. The number of nitrogens with one attached hydrogen (secondary N) is 1. The number of nitrogens with zero attached hydrogens (tertiary/aromatic N) is 3. The lowest BCUT2D eigenvalue weighted by Gasteiger charge is -2.36. The van der Waals surface area contributed by atoms with Crippen LogP contribution in [0.3, 0.4) is 0 Å². The summed E-state index contributed by atoms with van der Waals surface area (Å²) < 4.78 is 0. The topological polar surface area (TPSA) is 42.3 Å². The van der Waals surface area contributed by atoms with Crippen LogP contribution in [0.1, 0.15) is 0 Å². The van der Waals surface area contributed by atoms with E-state index in [2.05, 4.69) is 11.4 Å². The molecule has 1 rings (SSSR count). The maximum atomic E-state index is 8.55. The summed E-state index contributed by atoms with van der Waals surface area (Å²) in [5.41, 5.74) is 0. The van der Waals surface area contributed by atoms with Gasteiger partial charge in [0.2, 0.25) is 0 Å². The monoisotopic (exact) mass is 166 g/mol. The predicted octanol–water partition coefficient (Wildman–Crippen LogP) is -0.226. The zero-order valence-electron chi connectivity index (χ0n) is 7.49. The van der Waals surface area contributed by atoms with Crippen molar-refractivity contribution in [1.29, 1.82) is 5.26 Å². The number of rotatable bonds is 2. The highest BCUT2D eigenvalue weighted by Gasteiger charge is 2.18. The third-order valence-corrected chi connectivity index (χ3v) is 1.77. The van der Waals surface area contributed by atoms with E-state index in [1.807, 2.05) is 36.2 Å². The fraction of sp³-hybridized carbons (Fsp3) is 0.625. The Bertz CT molecular complexity index is 204. The van der Waals surface area contributed by atoms with Crippen LogP contribution in [-0.4, -0.2) is 43.3 Å². The van der Waals surface area contributed by atoms with Crippen LogP contribution in [0.15, 0.2) is 12.3 Å². The molecule has 0 saturated carbocycles. The lowest BCUT2D eigenvalue weighted by atomic mass is 10.4. The van der Waals surface area contributed by atoms with Gasteiger partial charge in [-0.2, -0.15) is 5.26 Å². The van der Waals surface area contributed by atoms with Crippen molar-refractivity contribution in [1.82, 2.24) is 15.1 Å². The van der Waals surface area contributed by atoms with Crippen molar-refractivity contribution in [2.24, 2.45) is 0 Å². The summed E-state index contributed by atoms with van der Waals surface area (Å²) in [7, 11) is 3.97. The molecule has 0 aromatic heterocycles. The van der Waals surface area contributed by atoms with E-state index in [0.717, 1.165) is 6.54 Å². The van der Waals surface area contributed by atoms with Gasteiger partial charge >= 0.3 is 0 Å². The fourth-order valence-electron chi connectivity index (χ4n) is 1.26. The van der Waals surface area contributed by atoms with Crippen molar-refractivity contribution < 1.29 is 0 Å². The summed E-state index contributed by atoms with van der Waals surface area (Å²) in [6, 6.07) is 2.13. The van der Waals surface area contributed by atoms with Crippen LogP contribution in [0.2, 0.25) is 0 Å². The third-order valence-electron chi connectivity index (χ3n) is 1.77. The first-order valence-corrected chi connectivity index (χ1v) is 3.95. The molecule has 1 aliphatic rings. The smallest absolute Gasteiger partial charge is 0.137 e. The van der Waals surface area contributed by atoms with Crippen LogP contribution in [0.4, 0.5) is 0 Å². The molecular weight excluding hydrogens is 152 g/mol. The van der Waals surface area contributed by atoms with Gasteiger partial charge in [0.25, 0.3) is 0 Å². The fourth-order valence-corrected chi connectivity index (χ4v) is 1.26. The van der Waals surface area contributed by atoms with Crippen molar-refractivity contribution in [2.45, 2.75) is 6.29 Å². The maximum absolute atomic E-state index is 8.55. The molecule has 0 amide bonds. The Morgan fingerprint density at radius 3 is 3.08 bits per heavy atom. The van der Waals surface area contributed by atoms with Gasteiger partial charge in [-0.3, -0.25) is 10.2 Å². The van der Waals surface area contributed by atoms with Gasteiger partial charge in [0, 0.05) is 12.7 Å². The standard InChI is InChI=1S/C8H14N4/c1-11(2)8-10-5-3-6-12(8)7-4-9/h3,6,8,10H,5,7H2,1-2H3. The minimum Gasteiger partial charge on any atom is -0.337 e. The summed E-state index contributed by atoms with van der Waals surface area (Å²) in [5.74, 6) is 0. The van der Waals surface area contributed by atoms with Crippen molar-refractivity contribution >= 4 is 0 Å². The highest BCUT2D eigenvalue weighted by Crippen LogP contribution is 2.03. The molecule has 0 saturated heterocycles. The van der Waals surface area contributed by atoms with E-state index in [9.17, 15) is 0 Å². The molecule has 1 unspecified atom stereocenters. The van der Waals surface area contributed by atoms with E-state index in [1.165, 1.54) is 0 Å². The third kappa shape index (κ3) is 1.97. The molecule has 1 heterocycles. The molecule has 0 aliphatic carbocycles. The minimum absolute atomic E-state index is 0.148. The van der Waals surface area contributed by atoms with Crippen LogP contribution < -0.4 is 5.32 Å². The lowest BCUT2D eigenvalue weighted by Crippen LogP contribution is -2.54. The van der Waals surface area contributed by atoms with Crippen molar-refractivity contribution in [3.8, 4) is 6.07 Å². The Morgan fingerprint density at radius 2 is 2.50 bits per heavy atom. The molecule has 0 bridgehead atoms. The van der Waals surface area contributed by atoms with Crippen LogP contribution in [0, 0.1) is 11.3 Å². The molecule has 1 aliphatic heterocycles. The number of hydrogen-bond acceptors (Lipinski definition) is 4. The van der Waals surface area contributed by atoms with Gasteiger partial charge in [-0.1, -0.05) is 6.08 Å². The highest BCUT2D eigenvalue weighted by atomic mass is 15.4. The minimum atomic E-state index is 0.148. The average molecular weight is 166 g/mol. The lowest BCUT2D eigenvalue weighted by molar-refractivity contribution is 0.0976. The predicted molar refractivity (Wildman–Crippen MR) is 46.9 cm³/mol. The Hall–Kier alpha value is -1.05. The van der Waals surface area contributed by atoms with E-state index in [-0.39, 0.29) is 6.29 Å². The molecule has 4 heteroatoms. The summed E-state index contributed by atoms with van der Waals surface area (Å²) in [5, 5.41) is 11.8. The molecule has 0 fully saturated rings. The highest BCUT2D eigenvalue weighted by molar-refractivity contribution is 4.96. The van der Waals surface area contributed by atoms with Gasteiger partial charge in [-0.05, 0) is 14.1 Å². The SMILES string of the molecule is CN(C)C1NCC=CN1CC#N. The maximum Gasteiger partial charge on any atom is 0.137 e. The second kappa shape index (κ2) is 4.10. The Morgan fingerprint density at radius 1 is 1.75 bits per heavy atom. The summed E-state index contributed by atoms with van der Waals surface area (Å²) >= 11 is 0. The van der Waals surface area contributed by atoms with Gasteiger partial charge in [0.1, 0.15) is 12.8 Å². The summed E-state index contributed by atoms with van der Waals surface area (Å²) in [6.07, 6.45) is 4.12. The molecule has 0 aromatic rings. The Labute approximate surface area is 73.1 Å². The van der Waals surface area contributed by atoms with Gasteiger partial charge < -0.3 is 4.90 Å². The van der Waals surface area contributed by atoms with Gasteiger partial charge in [0.15, 0.2) is 0 Å². The van der Waals surface area contributed by atoms with Gasteiger partial charge in [0.05, 0.1) is 6.07 Å². The molecule has 66 valence electrons. The van der Waals surface area contributed by atoms with Crippen LogP contribution in [0.5, 0.6) is 0 Å². The van der Waals surface area contributed by atoms with E-state index in [4.69, 9.17) is 5.26 Å². The molecule has 4 nitrogen and oxygen atoms in total. The Balaban J connectivity index is 2.60. The molecule has 1 atom stereocenters. The molecular formula is C8H14N4.